The summed E-state index contributed by atoms with van der Waals surface area (Å²) in [4.78, 5) is 21.7. The first-order chi connectivity index (χ1) is 5.16. The molecule has 62 valence electrons. The number of ether oxygens (including phenoxy) is 2. The van der Waals surface area contributed by atoms with Crippen molar-refractivity contribution in [2.75, 3.05) is 6.61 Å². The molecule has 1 fully saturated rings. The molecular formula is C7H10O4. The summed E-state index contributed by atoms with van der Waals surface area (Å²) in [5.74, 6) is -0.765. The van der Waals surface area contributed by atoms with Crippen LogP contribution in [0.1, 0.15) is 13.8 Å². The van der Waals surface area contributed by atoms with Crippen LogP contribution in [0.15, 0.2) is 0 Å². The third-order valence-corrected chi connectivity index (χ3v) is 1.50. The summed E-state index contributed by atoms with van der Waals surface area (Å²) in [7, 11) is 0. The highest BCUT2D eigenvalue weighted by molar-refractivity contribution is 6.07. The van der Waals surface area contributed by atoms with E-state index in [4.69, 9.17) is 4.74 Å². The molecule has 1 heterocycles. The van der Waals surface area contributed by atoms with Gasteiger partial charge in [0.2, 0.25) is 11.9 Å². The van der Waals surface area contributed by atoms with Crippen LogP contribution in [0.2, 0.25) is 0 Å². The molecule has 2 atom stereocenters. The molecule has 1 aliphatic heterocycles. The van der Waals surface area contributed by atoms with Gasteiger partial charge in [-0.1, -0.05) is 0 Å². The third kappa shape index (κ3) is 1.40. The molecule has 0 N–H and O–H groups in total. The maximum Gasteiger partial charge on any atom is 0.343 e. The highest BCUT2D eigenvalue weighted by atomic mass is 16.6. The number of carbonyl (C=O) groups excluding carboxylic acids is 2. The molecule has 0 saturated carbocycles. The fourth-order valence-corrected chi connectivity index (χ4v) is 0.869. The zero-order valence-electron chi connectivity index (χ0n) is 6.49. The Morgan fingerprint density at radius 3 is 2.73 bits per heavy atom. The Hall–Kier alpha value is -0.900. The molecule has 0 bridgehead atoms. The number of carbonyl (C=O) groups is 2. The molecule has 11 heavy (non-hydrogen) atoms. The number of hydrogen-bond acceptors (Lipinski definition) is 4. The number of esters is 1. The minimum Gasteiger partial charge on any atom is -0.464 e. The molecule has 0 aromatic rings. The average molecular weight is 158 g/mol. The predicted molar refractivity (Wildman–Crippen MR) is 36.0 cm³/mol. The summed E-state index contributed by atoms with van der Waals surface area (Å²) >= 11 is 0. The van der Waals surface area contributed by atoms with Crippen molar-refractivity contribution in [3.63, 3.8) is 0 Å². The fourth-order valence-electron chi connectivity index (χ4n) is 0.869. The molecule has 4 nitrogen and oxygen atoms in total. The topological polar surface area (TPSA) is 52.6 Å². The Morgan fingerprint density at radius 2 is 2.36 bits per heavy atom. The van der Waals surface area contributed by atoms with Gasteiger partial charge >= 0.3 is 5.97 Å². The van der Waals surface area contributed by atoms with Crippen molar-refractivity contribution in [2.24, 2.45) is 0 Å². The predicted octanol–water partition coefficient (Wildman–Crippen LogP) is -0.0941. The second-order valence-electron chi connectivity index (χ2n) is 2.31. The minimum atomic E-state index is -0.954. The summed E-state index contributed by atoms with van der Waals surface area (Å²) < 4.78 is 9.42. The Morgan fingerprint density at radius 1 is 1.73 bits per heavy atom. The smallest absolute Gasteiger partial charge is 0.343 e. The van der Waals surface area contributed by atoms with E-state index in [-0.39, 0.29) is 12.4 Å². The standard InChI is InChI=1S/C7H10O4/c1-3-10-7(9)6-5(8)4(2)11-6/h4,6H,3H2,1-2H3/t4-,6?/m0/s1. The first-order valence-electron chi connectivity index (χ1n) is 3.52. The largest absolute Gasteiger partial charge is 0.464 e. The molecule has 1 unspecified atom stereocenters. The zero-order valence-corrected chi connectivity index (χ0v) is 6.49. The van der Waals surface area contributed by atoms with Crippen LogP contribution in [0, 0.1) is 0 Å². The molecule has 0 spiro atoms. The number of rotatable bonds is 2. The summed E-state index contributed by atoms with van der Waals surface area (Å²) in [6.45, 7) is 3.57. The van der Waals surface area contributed by atoms with Crippen molar-refractivity contribution in [3.05, 3.63) is 0 Å². The van der Waals surface area contributed by atoms with Gasteiger partial charge in [0.05, 0.1) is 6.61 Å². The summed E-state index contributed by atoms with van der Waals surface area (Å²) in [5, 5.41) is 0. The van der Waals surface area contributed by atoms with Crippen LogP contribution in [-0.4, -0.2) is 30.6 Å². The third-order valence-electron chi connectivity index (χ3n) is 1.50. The first kappa shape index (κ1) is 8.20. The van der Waals surface area contributed by atoms with Crippen LogP contribution in [0.3, 0.4) is 0 Å². The first-order valence-corrected chi connectivity index (χ1v) is 3.52. The van der Waals surface area contributed by atoms with Crippen LogP contribution in [0.25, 0.3) is 0 Å². The maximum absolute atomic E-state index is 10.9. The molecule has 0 aromatic carbocycles. The Bertz CT molecular complexity index is 187. The van der Waals surface area contributed by atoms with Crippen LogP contribution < -0.4 is 0 Å². The monoisotopic (exact) mass is 158 g/mol. The molecule has 0 amide bonds. The van der Waals surface area contributed by atoms with Gasteiger partial charge < -0.3 is 9.47 Å². The fraction of sp³-hybridized carbons (Fsp3) is 0.714. The van der Waals surface area contributed by atoms with Crippen molar-refractivity contribution < 1.29 is 19.1 Å². The highest BCUT2D eigenvalue weighted by Gasteiger charge is 2.43. The molecule has 0 aromatic heterocycles. The average Bonchev–Trinajstić information content (AvgIpc) is 1.99. The van der Waals surface area contributed by atoms with Crippen LogP contribution in [0.5, 0.6) is 0 Å². The van der Waals surface area contributed by atoms with Gasteiger partial charge in [-0.25, -0.2) is 4.79 Å². The van der Waals surface area contributed by atoms with E-state index in [1.165, 1.54) is 0 Å². The number of ketones is 1. The second-order valence-corrected chi connectivity index (χ2v) is 2.31. The van der Waals surface area contributed by atoms with E-state index >= 15 is 0 Å². The van der Waals surface area contributed by atoms with Gasteiger partial charge in [-0.05, 0) is 13.8 Å². The lowest BCUT2D eigenvalue weighted by molar-refractivity contribution is -0.187. The van der Waals surface area contributed by atoms with Gasteiger partial charge in [0.1, 0.15) is 6.10 Å². The molecule has 1 saturated heterocycles. The maximum atomic E-state index is 10.9. The molecule has 0 aliphatic carbocycles. The van der Waals surface area contributed by atoms with Crippen LogP contribution >= 0.6 is 0 Å². The molecule has 1 aliphatic rings. The quantitative estimate of drug-likeness (QED) is 0.416. The van der Waals surface area contributed by atoms with E-state index < -0.39 is 18.2 Å². The molecule has 4 heteroatoms. The normalized spacial score (nSPS) is 29.5. The summed E-state index contributed by atoms with van der Waals surface area (Å²) in [5.41, 5.74) is 0. The highest BCUT2D eigenvalue weighted by Crippen LogP contribution is 2.16. The van der Waals surface area contributed by atoms with Crippen molar-refractivity contribution in [3.8, 4) is 0 Å². The van der Waals surface area contributed by atoms with E-state index in [0.717, 1.165) is 0 Å². The van der Waals surface area contributed by atoms with Gasteiger partial charge in [0.25, 0.3) is 0 Å². The van der Waals surface area contributed by atoms with E-state index in [9.17, 15) is 9.59 Å². The molecule has 0 radical (unpaired) electrons. The van der Waals surface area contributed by atoms with Gasteiger partial charge in [-0.15, -0.1) is 0 Å². The molecule has 1 rings (SSSR count). The van der Waals surface area contributed by atoms with Gasteiger partial charge in [-0.2, -0.15) is 0 Å². The van der Waals surface area contributed by atoms with Crippen LogP contribution in [-0.2, 0) is 19.1 Å². The lowest BCUT2D eigenvalue weighted by Crippen LogP contribution is -2.53. The molecular weight excluding hydrogens is 148 g/mol. The number of hydrogen-bond donors (Lipinski definition) is 0. The summed E-state index contributed by atoms with van der Waals surface area (Å²) in [6, 6.07) is 0. The van der Waals surface area contributed by atoms with Crippen molar-refractivity contribution in [2.45, 2.75) is 26.1 Å². The van der Waals surface area contributed by atoms with Gasteiger partial charge in [-0.3, -0.25) is 4.79 Å². The zero-order chi connectivity index (χ0) is 8.43. The van der Waals surface area contributed by atoms with Gasteiger partial charge in [0.15, 0.2) is 0 Å². The lowest BCUT2D eigenvalue weighted by atomic mass is 10.1. The Balaban J connectivity index is 2.39. The van der Waals surface area contributed by atoms with E-state index in [2.05, 4.69) is 4.74 Å². The SMILES string of the molecule is CCOC(=O)C1O[C@@H](C)C1=O. The Kier molecular flexibility index (Phi) is 2.24. The Labute approximate surface area is 64.5 Å². The second kappa shape index (κ2) is 3.00. The number of Topliss-reactive ketones (excluding diaryl/α,β-unsaturated/α-hetero) is 1. The van der Waals surface area contributed by atoms with E-state index in [1.807, 2.05) is 0 Å². The van der Waals surface area contributed by atoms with E-state index in [1.54, 1.807) is 13.8 Å². The van der Waals surface area contributed by atoms with Gasteiger partial charge in [0, 0.05) is 0 Å². The summed E-state index contributed by atoms with van der Waals surface area (Å²) in [6.07, 6.45) is -1.39. The minimum absolute atomic E-state index is 0.191. The van der Waals surface area contributed by atoms with Crippen molar-refractivity contribution in [1.29, 1.82) is 0 Å². The van der Waals surface area contributed by atoms with Crippen LogP contribution in [0.4, 0.5) is 0 Å². The van der Waals surface area contributed by atoms with Crippen molar-refractivity contribution in [1.82, 2.24) is 0 Å². The van der Waals surface area contributed by atoms with E-state index in [0.29, 0.717) is 0 Å². The van der Waals surface area contributed by atoms with Crippen molar-refractivity contribution >= 4 is 11.8 Å². The lowest BCUT2D eigenvalue weighted by Gasteiger charge is -2.29.